The van der Waals surface area contributed by atoms with Gasteiger partial charge in [-0.3, -0.25) is 9.48 Å². The molecule has 4 unspecified atom stereocenters. The number of aryl methyl sites for hydroxylation is 1. The van der Waals surface area contributed by atoms with E-state index in [4.69, 9.17) is 0 Å². The number of carbonyl (C=O) groups excluding carboxylic acids is 1. The van der Waals surface area contributed by atoms with Crippen molar-refractivity contribution in [2.75, 3.05) is 0 Å². The van der Waals surface area contributed by atoms with Crippen LogP contribution in [0.1, 0.15) is 55.6 Å². The van der Waals surface area contributed by atoms with Crippen molar-refractivity contribution in [3.8, 4) is 0 Å². The maximum absolute atomic E-state index is 12.4. The lowest BCUT2D eigenvalue weighted by molar-refractivity contribution is 0.0914. The van der Waals surface area contributed by atoms with Crippen molar-refractivity contribution in [1.29, 1.82) is 0 Å². The zero-order chi connectivity index (χ0) is 14.3. The zero-order valence-corrected chi connectivity index (χ0v) is 12.7. The summed E-state index contributed by atoms with van der Waals surface area (Å²) in [4.78, 5) is 12.4. The molecule has 110 valence electrons. The predicted molar refractivity (Wildman–Crippen MR) is 78.5 cm³/mol. The Morgan fingerprint density at radius 1 is 1.50 bits per heavy atom. The summed E-state index contributed by atoms with van der Waals surface area (Å²) in [5, 5.41) is 7.46. The minimum atomic E-state index is 0.0393. The number of nitrogens with zero attached hydrogens (tertiary/aromatic N) is 2. The smallest absolute Gasteiger partial charge is 0.254 e. The van der Waals surface area contributed by atoms with Gasteiger partial charge in [-0.2, -0.15) is 5.10 Å². The molecule has 0 spiro atoms. The average molecular weight is 275 g/mol. The van der Waals surface area contributed by atoms with Crippen molar-refractivity contribution >= 4 is 5.91 Å². The Bertz CT molecular complexity index is 508. The molecule has 2 fully saturated rings. The number of hydrogen-bond donors (Lipinski definition) is 1. The van der Waals surface area contributed by atoms with Gasteiger partial charge in [0.05, 0.1) is 11.8 Å². The molecule has 3 rings (SSSR count). The molecule has 0 saturated heterocycles. The summed E-state index contributed by atoms with van der Waals surface area (Å²) >= 11 is 0. The van der Waals surface area contributed by atoms with Crippen LogP contribution >= 0.6 is 0 Å². The van der Waals surface area contributed by atoms with Crippen LogP contribution in [0.15, 0.2) is 6.20 Å². The molecule has 0 radical (unpaired) electrons. The molecule has 2 saturated carbocycles. The standard InChI is InChI=1S/C16H25N3O/c1-4-19-11(3)15(9-17-19)16(20)18-10(2)14-8-12-5-6-13(14)7-12/h9-10,12-14H,4-8H2,1-3H3,(H,18,20). The van der Waals surface area contributed by atoms with E-state index >= 15 is 0 Å². The lowest BCUT2D eigenvalue weighted by Crippen LogP contribution is -2.40. The second-order valence-electron chi connectivity index (χ2n) is 6.56. The monoisotopic (exact) mass is 275 g/mol. The van der Waals surface area contributed by atoms with Crippen LogP contribution < -0.4 is 5.32 Å². The maximum Gasteiger partial charge on any atom is 0.254 e. The lowest BCUT2D eigenvalue weighted by Gasteiger charge is -2.28. The van der Waals surface area contributed by atoms with E-state index < -0.39 is 0 Å². The summed E-state index contributed by atoms with van der Waals surface area (Å²) < 4.78 is 1.87. The lowest BCUT2D eigenvalue weighted by atomic mass is 9.84. The van der Waals surface area contributed by atoms with Gasteiger partial charge in [-0.1, -0.05) is 6.42 Å². The molecule has 4 atom stereocenters. The normalized spacial score (nSPS) is 29.6. The first kappa shape index (κ1) is 13.7. The summed E-state index contributed by atoms with van der Waals surface area (Å²) in [6.07, 6.45) is 7.16. The SMILES string of the molecule is CCn1ncc(C(=O)NC(C)C2CC3CCC2C3)c1C. The van der Waals surface area contributed by atoms with E-state index in [0.717, 1.165) is 29.6 Å². The molecule has 2 aliphatic rings. The van der Waals surface area contributed by atoms with Gasteiger partial charge in [0.2, 0.25) is 0 Å². The predicted octanol–water partition coefficient (Wildman–Crippen LogP) is 2.77. The first-order valence-electron chi connectivity index (χ1n) is 7.93. The Kier molecular flexibility index (Phi) is 3.57. The highest BCUT2D eigenvalue weighted by Gasteiger charge is 2.42. The van der Waals surface area contributed by atoms with Crippen LogP contribution in [-0.2, 0) is 6.54 Å². The summed E-state index contributed by atoms with van der Waals surface area (Å²) in [6.45, 7) is 6.98. The first-order valence-corrected chi connectivity index (χ1v) is 7.93. The topological polar surface area (TPSA) is 46.9 Å². The van der Waals surface area contributed by atoms with E-state index in [1.807, 2.05) is 18.5 Å². The summed E-state index contributed by atoms with van der Waals surface area (Å²) in [7, 11) is 0. The molecule has 2 bridgehead atoms. The van der Waals surface area contributed by atoms with Gasteiger partial charge in [0.25, 0.3) is 5.91 Å². The molecular weight excluding hydrogens is 250 g/mol. The number of carbonyl (C=O) groups is 1. The van der Waals surface area contributed by atoms with Gasteiger partial charge in [0.1, 0.15) is 0 Å². The molecule has 0 aromatic carbocycles. The van der Waals surface area contributed by atoms with Crippen LogP contribution in [0, 0.1) is 24.7 Å². The first-order chi connectivity index (χ1) is 9.60. The molecule has 20 heavy (non-hydrogen) atoms. The second kappa shape index (κ2) is 5.23. The van der Waals surface area contributed by atoms with Crippen molar-refractivity contribution < 1.29 is 4.79 Å². The van der Waals surface area contributed by atoms with Crippen LogP contribution in [0.5, 0.6) is 0 Å². The highest BCUT2D eigenvalue weighted by atomic mass is 16.1. The van der Waals surface area contributed by atoms with Crippen LogP contribution in [0.2, 0.25) is 0 Å². The fourth-order valence-electron chi connectivity index (χ4n) is 4.29. The number of fused-ring (bicyclic) bond motifs is 2. The van der Waals surface area contributed by atoms with Crippen LogP contribution in [0.25, 0.3) is 0 Å². The van der Waals surface area contributed by atoms with Gasteiger partial charge in [-0.05, 0) is 57.8 Å². The largest absolute Gasteiger partial charge is 0.349 e. The number of amides is 1. The molecule has 4 nitrogen and oxygen atoms in total. The average Bonchev–Trinajstić information content (AvgIpc) is 3.12. The van der Waals surface area contributed by atoms with Gasteiger partial charge < -0.3 is 5.32 Å². The van der Waals surface area contributed by atoms with E-state index in [9.17, 15) is 4.79 Å². The second-order valence-corrected chi connectivity index (χ2v) is 6.56. The van der Waals surface area contributed by atoms with Crippen LogP contribution in [0.3, 0.4) is 0 Å². The number of nitrogens with one attached hydrogen (secondary N) is 1. The van der Waals surface area contributed by atoms with Gasteiger partial charge in [0, 0.05) is 18.3 Å². The molecule has 4 heteroatoms. The number of hydrogen-bond acceptors (Lipinski definition) is 2. The fraction of sp³-hybridized carbons (Fsp3) is 0.750. The fourth-order valence-corrected chi connectivity index (χ4v) is 4.29. The van der Waals surface area contributed by atoms with Crippen LogP contribution in [0.4, 0.5) is 0 Å². The summed E-state index contributed by atoms with van der Waals surface area (Å²) in [5.74, 6) is 2.49. The van der Waals surface area contributed by atoms with Crippen molar-refractivity contribution in [1.82, 2.24) is 15.1 Å². The minimum absolute atomic E-state index is 0.0393. The van der Waals surface area contributed by atoms with Gasteiger partial charge >= 0.3 is 0 Å². The highest BCUT2D eigenvalue weighted by Crippen LogP contribution is 2.49. The highest BCUT2D eigenvalue weighted by molar-refractivity contribution is 5.95. The Morgan fingerprint density at radius 2 is 2.30 bits per heavy atom. The van der Waals surface area contributed by atoms with E-state index in [0.29, 0.717) is 5.92 Å². The van der Waals surface area contributed by atoms with E-state index in [1.165, 1.54) is 25.7 Å². The van der Waals surface area contributed by atoms with E-state index in [1.54, 1.807) is 6.20 Å². The Hall–Kier alpha value is -1.32. The molecule has 1 N–H and O–H groups in total. The summed E-state index contributed by atoms with van der Waals surface area (Å²) in [6, 6.07) is 0.280. The third-order valence-electron chi connectivity index (χ3n) is 5.44. The van der Waals surface area contributed by atoms with Crippen molar-refractivity contribution in [3.63, 3.8) is 0 Å². The van der Waals surface area contributed by atoms with Gasteiger partial charge in [-0.25, -0.2) is 0 Å². The Balaban J connectivity index is 1.65. The summed E-state index contributed by atoms with van der Waals surface area (Å²) in [5.41, 5.74) is 1.69. The molecular formula is C16H25N3O. The molecule has 1 aromatic rings. The third kappa shape index (κ3) is 2.25. The molecule has 1 amide bonds. The maximum atomic E-state index is 12.4. The van der Waals surface area contributed by atoms with Crippen LogP contribution in [-0.4, -0.2) is 21.7 Å². The third-order valence-corrected chi connectivity index (χ3v) is 5.44. The Morgan fingerprint density at radius 3 is 2.85 bits per heavy atom. The van der Waals surface area contributed by atoms with Gasteiger partial charge in [-0.15, -0.1) is 0 Å². The number of aromatic nitrogens is 2. The minimum Gasteiger partial charge on any atom is -0.349 e. The van der Waals surface area contributed by atoms with E-state index in [-0.39, 0.29) is 11.9 Å². The molecule has 0 aliphatic heterocycles. The number of rotatable bonds is 4. The Labute approximate surface area is 120 Å². The molecule has 1 aromatic heterocycles. The van der Waals surface area contributed by atoms with E-state index in [2.05, 4.69) is 17.3 Å². The molecule has 2 aliphatic carbocycles. The van der Waals surface area contributed by atoms with Crippen molar-refractivity contribution in [3.05, 3.63) is 17.5 Å². The quantitative estimate of drug-likeness (QED) is 0.918. The van der Waals surface area contributed by atoms with Gasteiger partial charge in [0.15, 0.2) is 0 Å². The van der Waals surface area contributed by atoms with Crippen molar-refractivity contribution in [2.24, 2.45) is 17.8 Å². The zero-order valence-electron chi connectivity index (χ0n) is 12.7. The molecule has 1 heterocycles. The van der Waals surface area contributed by atoms with Crippen molar-refractivity contribution in [2.45, 2.75) is 59.0 Å².